The van der Waals surface area contributed by atoms with E-state index < -0.39 is 0 Å². The number of rotatable bonds is 2. The van der Waals surface area contributed by atoms with E-state index in [9.17, 15) is 9.59 Å². The Hall–Kier alpha value is -3.06. The Morgan fingerprint density at radius 3 is 1.27 bits per heavy atom. The molecule has 0 unspecified atom stereocenters. The van der Waals surface area contributed by atoms with Crippen LogP contribution in [0.1, 0.15) is 31.8 Å². The van der Waals surface area contributed by atoms with Gasteiger partial charge in [-0.05, 0) is 48.5 Å². The molecule has 0 aromatic heterocycles. The fraction of sp³-hybridized carbons (Fsp3) is 0.111. The summed E-state index contributed by atoms with van der Waals surface area (Å²) in [6.07, 6.45) is 0. The molecule has 0 spiro atoms. The first-order valence-corrected chi connectivity index (χ1v) is 6.53. The molecular formula is C18H14O4. The van der Waals surface area contributed by atoms with E-state index in [4.69, 9.17) is 0 Å². The lowest BCUT2D eigenvalue weighted by atomic mass is 10.1. The van der Waals surface area contributed by atoms with E-state index in [1.165, 1.54) is 14.2 Å². The average molecular weight is 294 g/mol. The van der Waals surface area contributed by atoms with Crippen molar-refractivity contribution in [1.29, 1.82) is 0 Å². The predicted molar refractivity (Wildman–Crippen MR) is 81.5 cm³/mol. The third-order valence-corrected chi connectivity index (χ3v) is 2.96. The molecule has 0 bridgehead atoms. The summed E-state index contributed by atoms with van der Waals surface area (Å²) in [4.78, 5) is 22.6. The van der Waals surface area contributed by atoms with Crippen molar-refractivity contribution in [3.8, 4) is 11.8 Å². The molecular weight excluding hydrogens is 280 g/mol. The number of methoxy groups -OCH3 is 2. The third kappa shape index (κ3) is 3.74. The highest BCUT2D eigenvalue weighted by Crippen LogP contribution is 2.07. The molecule has 0 heterocycles. The Kier molecular flexibility index (Phi) is 4.94. The van der Waals surface area contributed by atoms with Crippen molar-refractivity contribution in [1.82, 2.24) is 0 Å². The van der Waals surface area contributed by atoms with Gasteiger partial charge in [-0.1, -0.05) is 11.8 Å². The molecule has 2 rings (SSSR count). The van der Waals surface area contributed by atoms with Gasteiger partial charge in [0, 0.05) is 11.1 Å². The van der Waals surface area contributed by atoms with Crippen molar-refractivity contribution in [3.63, 3.8) is 0 Å². The van der Waals surface area contributed by atoms with Crippen LogP contribution in [0, 0.1) is 11.8 Å². The van der Waals surface area contributed by atoms with Crippen molar-refractivity contribution in [2.75, 3.05) is 14.2 Å². The van der Waals surface area contributed by atoms with Crippen molar-refractivity contribution in [3.05, 3.63) is 70.8 Å². The van der Waals surface area contributed by atoms with E-state index in [1.807, 2.05) is 0 Å². The van der Waals surface area contributed by atoms with Gasteiger partial charge in [0.1, 0.15) is 0 Å². The highest BCUT2D eigenvalue weighted by Gasteiger charge is 2.04. The maximum atomic E-state index is 11.3. The standard InChI is InChI=1S/C18H14O4/c1-21-17(19)15-9-5-13(6-10-15)3-4-14-7-11-16(12-8-14)18(20)22-2/h5-12H,1-2H3. The number of carbonyl (C=O) groups is 2. The van der Waals surface area contributed by atoms with Gasteiger partial charge in [0.2, 0.25) is 0 Å². The van der Waals surface area contributed by atoms with Gasteiger partial charge >= 0.3 is 11.9 Å². The zero-order chi connectivity index (χ0) is 15.9. The quantitative estimate of drug-likeness (QED) is 0.631. The number of benzene rings is 2. The molecule has 2 aromatic carbocycles. The number of ether oxygens (including phenoxy) is 2. The van der Waals surface area contributed by atoms with E-state index in [0.717, 1.165) is 11.1 Å². The van der Waals surface area contributed by atoms with E-state index >= 15 is 0 Å². The molecule has 0 fully saturated rings. The molecule has 2 aromatic rings. The first-order chi connectivity index (χ1) is 10.6. The summed E-state index contributed by atoms with van der Waals surface area (Å²) in [7, 11) is 2.68. The van der Waals surface area contributed by atoms with Crippen LogP contribution in [0.4, 0.5) is 0 Å². The van der Waals surface area contributed by atoms with Gasteiger partial charge < -0.3 is 9.47 Å². The van der Waals surface area contributed by atoms with E-state index in [1.54, 1.807) is 48.5 Å². The zero-order valence-electron chi connectivity index (χ0n) is 12.3. The highest BCUT2D eigenvalue weighted by molar-refractivity contribution is 5.89. The molecule has 4 nitrogen and oxygen atoms in total. The smallest absolute Gasteiger partial charge is 0.337 e. The zero-order valence-corrected chi connectivity index (χ0v) is 12.3. The molecule has 0 N–H and O–H groups in total. The summed E-state index contributed by atoms with van der Waals surface area (Å²) in [6.45, 7) is 0. The number of hydrogen-bond donors (Lipinski definition) is 0. The summed E-state index contributed by atoms with van der Waals surface area (Å²) < 4.78 is 9.26. The van der Waals surface area contributed by atoms with Crippen molar-refractivity contribution < 1.29 is 19.1 Å². The van der Waals surface area contributed by atoms with Crippen LogP contribution in [0.15, 0.2) is 48.5 Å². The van der Waals surface area contributed by atoms with Gasteiger partial charge in [0.05, 0.1) is 25.3 Å². The van der Waals surface area contributed by atoms with Crippen molar-refractivity contribution >= 4 is 11.9 Å². The lowest BCUT2D eigenvalue weighted by molar-refractivity contribution is 0.0592. The van der Waals surface area contributed by atoms with Crippen LogP contribution in [-0.2, 0) is 9.47 Å². The highest BCUT2D eigenvalue weighted by atomic mass is 16.5. The van der Waals surface area contributed by atoms with Crippen LogP contribution in [0.2, 0.25) is 0 Å². The van der Waals surface area contributed by atoms with E-state index in [-0.39, 0.29) is 11.9 Å². The molecule has 0 saturated heterocycles. The monoisotopic (exact) mass is 294 g/mol. The van der Waals surface area contributed by atoms with Gasteiger partial charge in [-0.3, -0.25) is 0 Å². The maximum Gasteiger partial charge on any atom is 0.337 e. The molecule has 0 atom stereocenters. The van der Waals surface area contributed by atoms with Gasteiger partial charge in [0.25, 0.3) is 0 Å². The van der Waals surface area contributed by atoms with Crippen molar-refractivity contribution in [2.45, 2.75) is 0 Å². The Morgan fingerprint density at radius 2 is 1.00 bits per heavy atom. The Morgan fingerprint density at radius 1 is 0.682 bits per heavy atom. The number of esters is 2. The molecule has 4 heteroatoms. The third-order valence-electron chi connectivity index (χ3n) is 2.96. The molecule has 22 heavy (non-hydrogen) atoms. The van der Waals surface area contributed by atoms with Gasteiger partial charge in [-0.2, -0.15) is 0 Å². The van der Waals surface area contributed by atoms with E-state index in [2.05, 4.69) is 21.3 Å². The largest absolute Gasteiger partial charge is 0.465 e. The van der Waals surface area contributed by atoms with Crippen LogP contribution in [0.5, 0.6) is 0 Å². The second-order valence-electron chi connectivity index (χ2n) is 4.39. The van der Waals surface area contributed by atoms with Gasteiger partial charge in [-0.25, -0.2) is 9.59 Å². The Balaban J connectivity index is 2.13. The average Bonchev–Trinajstić information content (AvgIpc) is 2.59. The van der Waals surface area contributed by atoms with Gasteiger partial charge in [-0.15, -0.1) is 0 Å². The lowest BCUT2D eigenvalue weighted by Crippen LogP contribution is -2.00. The summed E-state index contributed by atoms with van der Waals surface area (Å²) in [6, 6.07) is 13.7. The second kappa shape index (κ2) is 7.09. The van der Waals surface area contributed by atoms with Crippen LogP contribution >= 0.6 is 0 Å². The molecule has 0 aliphatic heterocycles. The summed E-state index contributed by atoms with van der Waals surface area (Å²) in [5, 5.41) is 0. The van der Waals surface area contributed by atoms with E-state index in [0.29, 0.717) is 11.1 Å². The first-order valence-electron chi connectivity index (χ1n) is 6.53. The number of carbonyl (C=O) groups excluding carboxylic acids is 2. The maximum absolute atomic E-state index is 11.3. The fourth-order valence-electron chi connectivity index (χ4n) is 1.76. The molecule has 110 valence electrons. The minimum atomic E-state index is -0.377. The fourth-order valence-corrected chi connectivity index (χ4v) is 1.76. The second-order valence-corrected chi connectivity index (χ2v) is 4.39. The SMILES string of the molecule is COC(=O)c1ccc(C#Cc2ccc(C(=O)OC)cc2)cc1. The number of hydrogen-bond acceptors (Lipinski definition) is 4. The van der Waals surface area contributed by atoms with Gasteiger partial charge in [0.15, 0.2) is 0 Å². The normalized spacial score (nSPS) is 9.36. The molecule has 0 radical (unpaired) electrons. The first kappa shape index (κ1) is 15.3. The molecule has 0 aliphatic carbocycles. The Bertz CT molecular complexity index is 668. The molecule has 0 amide bonds. The molecule has 0 aliphatic rings. The topological polar surface area (TPSA) is 52.6 Å². The van der Waals surface area contributed by atoms with Crippen LogP contribution in [0.3, 0.4) is 0 Å². The minimum absolute atomic E-state index is 0.377. The summed E-state index contributed by atoms with van der Waals surface area (Å²) >= 11 is 0. The summed E-state index contributed by atoms with van der Waals surface area (Å²) in [5.41, 5.74) is 2.53. The summed E-state index contributed by atoms with van der Waals surface area (Å²) in [5.74, 6) is 5.23. The lowest BCUT2D eigenvalue weighted by Gasteiger charge is -1.99. The van der Waals surface area contributed by atoms with Crippen LogP contribution in [-0.4, -0.2) is 26.2 Å². The van der Waals surface area contributed by atoms with Crippen LogP contribution < -0.4 is 0 Å². The molecule has 0 saturated carbocycles. The predicted octanol–water partition coefficient (Wildman–Crippen LogP) is 2.66. The van der Waals surface area contributed by atoms with Crippen LogP contribution in [0.25, 0.3) is 0 Å². The Labute approximate surface area is 128 Å². The minimum Gasteiger partial charge on any atom is -0.465 e. The van der Waals surface area contributed by atoms with Crippen molar-refractivity contribution in [2.24, 2.45) is 0 Å².